The van der Waals surface area contributed by atoms with Crippen molar-refractivity contribution >= 4 is 28.6 Å². The molecule has 3 aromatic heterocycles. The minimum absolute atomic E-state index is 0.0570. The minimum atomic E-state index is -0.298. The molecule has 4 heterocycles. The summed E-state index contributed by atoms with van der Waals surface area (Å²) in [6, 6.07) is 9.99. The molecule has 1 saturated heterocycles. The number of benzene rings is 1. The van der Waals surface area contributed by atoms with E-state index in [1.807, 2.05) is 40.8 Å². The zero-order valence-electron chi connectivity index (χ0n) is 17.8. The topological polar surface area (TPSA) is 76.5 Å². The second kappa shape index (κ2) is 8.35. The van der Waals surface area contributed by atoms with Crippen LogP contribution >= 0.6 is 11.3 Å². The molecule has 164 valence electrons. The van der Waals surface area contributed by atoms with Gasteiger partial charge >= 0.3 is 0 Å². The number of carbonyl (C=O) groups is 1. The van der Waals surface area contributed by atoms with E-state index in [-0.39, 0.29) is 17.8 Å². The lowest BCUT2D eigenvalue weighted by Crippen LogP contribution is -2.45. The van der Waals surface area contributed by atoms with E-state index < -0.39 is 0 Å². The first-order valence-corrected chi connectivity index (χ1v) is 11.6. The molecule has 1 fully saturated rings. The number of hydrogen-bond acceptors (Lipinski definition) is 5. The molecule has 4 aromatic rings. The fourth-order valence-electron chi connectivity index (χ4n) is 4.38. The Morgan fingerprint density at radius 3 is 2.84 bits per heavy atom. The molecular weight excluding hydrogens is 425 g/mol. The maximum absolute atomic E-state index is 13.6. The van der Waals surface area contributed by atoms with Crippen molar-refractivity contribution in [3.63, 3.8) is 0 Å². The van der Waals surface area contributed by atoms with Gasteiger partial charge in [-0.2, -0.15) is 0 Å². The summed E-state index contributed by atoms with van der Waals surface area (Å²) in [7, 11) is 0. The molecule has 0 aliphatic carbocycles. The lowest BCUT2D eigenvalue weighted by molar-refractivity contribution is 0.0608. The number of imidazole rings is 1. The normalized spacial score (nSPS) is 16.6. The summed E-state index contributed by atoms with van der Waals surface area (Å²) in [5, 5.41) is 0.819. The number of aromatic nitrogens is 3. The van der Waals surface area contributed by atoms with Crippen LogP contribution in [0.1, 0.15) is 40.5 Å². The average molecular weight is 450 g/mol. The number of carbonyl (C=O) groups excluding carboxylic acids is 1. The zero-order chi connectivity index (χ0) is 22.2. The first kappa shape index (κ1) is 20.6. The number of pyridine rings is 1. The number of piperidine rings is 1. The second-order valence-corrected chi connectivity index (χ2v) is 9.43. The summed E-state index contributed by atoms with van der Waals surface area (Å²) in [6.45, 7) is 2.59. The summed E-state index contributed by atoms with van der Waals surface area (Å²) in [4.78, 5) is 25.7. The van der Waals surface area contributed by atoms with Crippen LogP contribution in [0.2, 0.25) is 0 Å². The van der Waals surface area contributed by atoms with E-state index in [9.17, 15) is 9.18 Å². The summed E-state index contributed by atoms with van der Waals surface area (Å²) in [5.41, 5.74) is 9.57. The fourth-order valence-corrected chi connectivity index (χ4v) is 5.29. The summed E-state index contributed by atoms with van der Waals surface area (Å²) < 4.78 is 15.4. The molecule has 6 nitrogen and oxygen atoms in total. The number of nitrogens with zero attached hydrogens (tertiary/aromatic N) is 4. The van der Waals surface area contributed by atoms with E-state index in [4.69, 9.17) is 10.7 Å². The maximum Gasteiger partial charge on any atom is 0.274 e. The van der Waals surface area contributed by atoms with Gasteiger partial charge in [-0.3, -0.25) is 4.79 Å². The van der Waals surface area contributed by atoms with E-state index in [0.717, 1.165) is 46.1 Å². The SMILES string of the molecule is Cc1nc(C(=O)N2CCCC[C@H]2Cc2cn3ccc(N)cc3n2)c(-c2ccc(F)cc2)s1. The highest BCUT2D eigenvalue weighted by atomic mass is 32.1. The summed E-state index contributed by atoms with van der Waals surface area (Å²) in [5.74, 6) is -0.362. The van der Waals surface area contributed by atoms with Crippen molar-refractivity contribution in [2.75, 3.05) is 12.3 Å². The molecule has 1 aromatic carbocycles. The number of anilines is 1. The van der Waals surface area contributed by atoms with E-state index in [1.165, 1.54) is 23.5 Å². The molecule has 5 rings (SSSR count). The van der Waals surface area contributed by atoms with Crippen LogP contribution in [0, 0.1) is 12.7 Å². The van der Waals surface area contributed by atoms with Crippen molar-refractivity contribution in [1.82, 2.24) is 19.3 Å². The van der Waals surface area contributed by atoms with Crippen LogP contribution in [0.4, 0.5) is 10.1 Å². The smallest absolute Gasteiger partial charge is 0.274 e. The lowest BCUT2D eigenvalue weighted by atomic mass is 9.97. The monoisotopic (exact) mass is 449 g/mol. The van der Waals surface area contributed by atoms with Crippen molar-refractivity contribution in [1.29, 1.82) is 0 Å². The van der Waals surface area contributed by atoms with Gasteiger partial charge in [0.2, 0.25) is 0 Å². The number of thiazole rings is 1. The predicted molar refractivity (Wildman–Crippen MR) is 124 cm³/mol. The minimum Gasteiger partial charge on any atom is -0.399 e. The molecule has 1 amide bonds. The van der Waals surface area contributed by atoms with E-state index in [1.54, 1.807) is 12.1 Å². The Morgan fingerprint density at radius 1 is 1.22 bits per heavy atom. The molecule has 8 heteroatoms. The van der Waals surface area contributed by atoms with Gasteiger partial charge in [-0.05, 0) is 49.9 Å². The van der Waals surface area contributed by atoms with Crippen LogP contribution in [0.25, 0.3) is 16.1 Å². The Labute approximate surface area is 189 Å². The number of likely N-dealkylation sites (tertiary alicyclic amines) is 1. The van der Waals surface area contributed by atoms with E-state index >= 15 is 0 Å². The van der Waals surface area contributed by atoms with Crippen molar-refractivity contribution in [3.05, 3.63) is 71.0 Å². The molecular formula is C24H24FN5OS. The van der Waals surface area contributed by atoms with Crippen LogP contribution in [0.3, 0.4) is 0 Å². The number of hydrogen-bond donors (Lipinski definition) is 1. The van der Waals surface area contributed by atoms with Gasteiger partial charge in [0.05, 0.1) is 15.6 Å². The number of nitrogen functional groups attached to an aromatic ring is 1. The fraction of sp³-hybridized carbons (Fsp3) is 0.292. The van der Waals surface area contributed by atoms with Crippen LogP contribution in [-0.4, -0.2) is 37.8 Å². The highest BCUT2D eigenvalue weighted by Gasteiger charge is 2.31. The summed E-state index contributed by atoms with van der Waals surface area (Å²) >= 11 is 1.47. The molecule has 0 radical (unpaired) electrons. The van der Waals surface area contributed by atoms with E-state index in [2.05, 4.69) is 4.98 Å². The third kappa shape index (κ3) is 3.98. The zero-order valence-corrected chi connectivity index (χ0v) is 18.6. The molecule has 1 aliphatic heterocycles. The molecule has 0 unspecified atom stereocenters. The Balaban J connectivity index is 1.43. The number of aryl methyl sites for hydroxylation is 1. The molecule has 32 heavy (non-hydrogen) atoms. The standard InChI is InChI=1S/C24H24FN5OS/c1-15-27-22(23(32-15)16-5-7-17(25)8-6-16)24(31)30-10-3-2-4-20(30)13-19-14-29-11-9-18(26)12-21(29)28-19/h5-9,11-12,14,20H,2-4,10,13,26H2,1H3/t20-/m0/s1. The van der Waals surface area contributed by atoms with Gasteiger partial charge in [0.25, 0.3) is 5.91 Å². The molecule has 1 aliphatic rings. The Morgan fingerprint density at radius 2 is 2.03 bits per heavy atom. The van der Waals surface area contributed by atoms with Crippen LogP contribution in [0.15, 0.2) is 48.8 Å². The molecule has 1 atom stereocenters. The van der Waals surface area contributed by atoms with Crippen LogP contribution in [0.5, 0.6) is 0 Å². The van der Waals surface area contributed by atoms with Crippen LogP contribution in [-0.2, 0) is 6.42 Å². The number of halogens is 1. The Bertz CT molecular complexity index is 1280. The van der Waals surface area contributed by atoms with Crippen molar-refractivity contribution < 1.29 is 9.18 Å². The van der Waals surface area contributed by atoms with Gasteiger partial charge in [0.1, 0.15) is 17.2 Å². The van der Waals surface area contributed by atoms with Gasteiger partial charge in [0, 0.05) is 43.2 Å². The van der Waals surface area contributed by atoms with Crippen LogP contribution < -0.4 is 5.73 Å². The average Bonchev–Trinajstić information content (AvgIpc) is 3.36. The van der Waals surface area contributed by atoms with Gasteiger partial charge in [-0.25, -0.2) is 14.4 Å². The number of nitrogens with two attached hydrogens (primary N) is 1. The van der Waals surface area contributed by atoms with Gasteiger partial charge < -0.3 is 15.0 Å². The predicted octanol–water partition coefficient (Wildman–Crippen LogP) is 4.72. The quantitative estimate of drug-likeness (QED) is 0.489. The Hall–Kier alpha value is -3.26. The largest absolute Gasteiger partial charge is 0.399 e. The van der Waals surface area contributed by atoms with Gasteiger partial charge in [-0.1, -0.05) is 12.1 Å². The van der Waals surface area contributed by atoms with Crippen molar-refractivity contribution in [3.8, 4) is 10.4 Å². The number of fused-ring (bicyclic) bond motifs is 1. The molecule has 0 saturated carbocycles. The van der Waals surface area contributed by atoms with E-state index in [0.29, 0.717) is 24.3 Å². The third-order valence-corrected chi connectivity index (χ3v) is 6.93. The lowest BCUT2D eigenvalue weighted by Gasteiger charge is -2.35. The van der Waals surface area contributed by atoms with Gasteiger partial charge in [-0.15, -0.1) is 11.3 Å². The highest BCUT2D eigenvalue weighted by Crippen LogP contribution is 2.33. The first-order chi connectivity index (χ1) is 15.5. The second-order valence-electron chi connectivity index (χ2n) is 8.23. The van der Waals surface area contributed by atoms with Crippen molar-refractivity contribution in [2.45, 2.75) is 38.6 Å². The molecule has 0 spiro atoms. The maximum atomic E-state index is 13.6. The molecule has 2 N–H and O–H groups in total. The highest BCUT2D eigenvalue weighted by molar-refractivity contribution is 7.15. The van der Waals surface area contributed by atoms with Crippen molar-refractivity contribution in [2.24, 2.45) is 0 Å². The summed E-state index contributed by atoms with van der Waals surface area (Å²) in [6.07, 6.45) is 7.56. The first-order valence-electron chi connectivity index (χ1n) is 10.8. The number of amides is 1. The van der Waals surface area contributed by atoms with Gasteiger partial charge in [0.15, 0.2) is 0 Å². The third-order valence-electron chi connectivity index (χ3n) is 5.91. The Kier molecular flexibility index (Phi) is 5.38. The molecule has 0 bridgehead atoms. The number of rotatable bonds is 4.